The van der Waals surface area contributed by atoms with E-state index in [2.05, 4.69) is 30.9 Å². The maximum Gasteiger partial charge on any atom is 0.420 e. The molecule has 1 saturated heterocycles. The predicted molar refractivity (Wildman–Crippen MR) is 118 cm³/mol. The van der Waals surface area contributed by atoms with Gasteiger partial charge in [-0.1, -0.05) is 29.5 Å². The van der Waals surface area contributed by atoms with Crippen LogP contribution in [0.25, 0.3) is 21.3 Å². The molecule has 1 aliphatic heterocycles. The SMILES string of the molecule is Cc1cc(C)c2sc(N3CCN(C(=O)Cn4c(=O)oc5ccccc54)CC3)nc2c1. The van der Waals surface area contributed by atoms with E-state index in [-0.39, 0.29) is 12.5 Å². The first-order chi connectivity index (χ1) is 14.5. The van der Waals surface area contributed by atoms with Crippen molar-refractivity contribution in [3.63, 3.8) is 0 Å². The second-order valence-corrected chi connectivity index (χ2v) is 8.69. The van der Waals surface area contributed by atoms with Gasteiger partial charge in [0.2, 0.25) is 5.91 Å². The molecule has 5 rings (SSSR count). The van der Waals surface area contributed by atoms with Crippen LogP contribution in [0.3, 0.4) is 0 Å². The molecule has 0 bridgehead atoms. The summed E-state index contributed by atoms with van der Waals surface area (Å²) in [4.78, 5) is 33.8. The summed E-state index contributed by atoms with van der Waals surface area (Å²) < 4.78 is 7.86. The van der Waals surface area contributed by atoms with Gasteiger partial charge in [-0.15, -0.1) is 0 Å². The number of benzene rings is 2. The molecule has 3 heterocycles. The molecule has 7 nitrogen and oxygen atoms in total. The van der Waals surface area contributed by atoms with Gasteiger partial charge in [-0.25, -0.2) is 9.78 Å². The quantitative estimate of drug-likeness (QED) is 0.507. The van der Waals surface area contributed by atoms with Crippen LogP contribution in [-0.4, -0.2) is 46.5 Å². The van der Waals surface area contributed by atoms with Crippen molar-refractivity contribution in [1.29, 1.82) is 0 Å². The van der Waals surface area contributed by atoms with E-state index in [9.17, 15) is 9.59 Å². The first-order valence-electron chi connectivity index (χ1n) is 9.98. The highest BCUT2D eigenvalue weighted by Crippen LogP contribution is 2.32. The topological polar surface area (TPSA) is 71.6 Å². The molecular formula is C22H22N4O3S. The Morgan fingerprint density at radius 1 is 1.13 bits per heavy atom. The molecule has 0 unspecified atom stereocenters. The van der Waals surface area contributed by atoms with Gasteiger partial charge in [0.15, 0.2) is 10.7 Å². The average Bonchev–Trinajstić information content (AvgIpc) is 3.29. The Kier molecular flexibility index (Phi) is 4.58. The minimum atomic E-state index is -0.497. The van der Waals surface area contributed by atoms with Gasteiger partial charge in [0.25, 0.3) is 0 Å². The Bertz CT molecular complexity index is 1310. The number of para-hydroxylation sites is 2. The zero-order valence-corrected chi connectivity index (χ0v) is 17.7. The van der Waals surface area contributed by atoms with Crippen molar-refractivity contribution in [3.05, 3.63) is 58.1 Å². The van der Waals surface area contributed by atoms with E-state index in [4.69, 9.17) is 9.40 Å². The van der Waals surface area contributed by atoms with Crippen LogP contribution >= 0.6 is 11.3 Å². The lowest BCUT2D eigenvalue weighted by molar-refractivity contribution is -0.132. The fourth-order valence-corrected chi connectivity index (χ4v) is 5.11. The van der Waals surface area contributed by atoms with Crippen LogP contribution in [0.2, 0.25) is 0 Å². The van der Waals surface area contributed by atoms with Crippen molar-refractivity contribution in [2.75, 3.05) is 31.1 Å². The summed E-state index contributed by atoms with van der Waals surface area (Å²) in [6.45, 7) is 6.87. The van der Waals surface area contributed by atoms with Crippen molar-refractivity contribution >= 4 is 43.7 Å². The van der Waals surface area contributed by atoms with Gasteiger partial charge in [-0.2, -0.15) is 0 Å². The highest BCUT2D eigenvalue weighted by molar-refractivity contribution is 7.22. The third-order valence-corrected chi connectivity index (χ3v) is 6.85. The summed E-state index contributed by atoms with van der Waals surface area (Å²) in [7, 11) is 0. The van der Waals surface area contributed by atoms with Crippen molar-refractivity contribution in [2.24, 2.45) is 0 Å². The van der Waals surface area contributed by atoms with E-state index in [1.54, 1.807) is 23.5 Å². The molecule has 2 aromatic carbocycles. The largest absolute Gasteiger partial charge is 0.420 e. The molecule has 0 spiro atoms. The Hall–Kier alpha value is -3.13. The highest BCUT2D eigenvalue weighted by atomic mass is 32.1. The molecule has 1 amide bonds. The standard InChI is InChI=1S/C22H22N4O3S/c1-14-11-15(2)20-16(12-14)23-21(30-20)25-9-7-24(8-10-25)19(27)13-26-17-5-3-4-6-18(17)29-22(26)28/h3-6,11-12H,7-10,13H2,1-2H3. The number of rotatable bonds is 3. The first kappa shape index (κ1) is 18.9. The third kappa shape index (κ3) is 3.27. The summed E-state index contributed by atoms with van der Waals surface area (Å²) in [6.07, 6.45) is 0. The van der Waals surface area contributed by atoms with Crippen LogP contribution in [0, 0.1) is 13.8 Å². The Labute approximate surface area is 177 Å². The van der Waals surface area contributed by atoms with Crippen LogP contribution in [0.5, 0.6) is 0 Å². The van der Waals surface area contributed by atoms with Crippen LogP contribution in [0.1, 0.15) is 11.1 Å². The zero-order chi connectivity index (χ0) is 20.8. The molecular weight excluding hydrogens is 400 g/mol. The second kappa shape index (κ2) is 7.28. The van der Waals surface area contributed by atoms with Gasteiger partial charge < -0.3 is 14.2 Å². The number of piperazine rings is 1. The molecule has 0 saturated carbocycles. The fraction of sp³-hybridized carbons (Fsp3) is 0.318. The number of anilines is 1. The van der Waals surface area contributed by atoms with Crippen molar-refractivity contribution in [2.45, 2.75) is 20.4 Å². The normalized spacial score (nSPS) is 14.7. The molecule has 2 aromatic heterocycles. The number of thiazole rings is 1. The molecule has 1 fully saturated rings. The van der Waals surface area contributed by atoms with Crippen molar-refractivity contribution in [1.82, 2.24) is 14.5 Å². The molecule has 8 heteroatoms. The lowest BCUT2D eigenvalue weighted by Gasteiger charge is -2.34. The first-order valence-corrected chi connectivity index (χ1v) is 10.8. The number of nitrogens with zero attached hydrogens (tertiary/aromatic N) is 4. The third-order valence-electron chi connectivity index (χ3n) is 5.58. The monoisotopic (exact) mass is 422 g/mol. The molecule has 1 aliphatic rings. The summed E-state index contributed by atoms with van der Waals surface area (Å²) >= 11 is 1.71. The summed E-state index contributed by atoms with van der Waals surface area (Å²) in [5.41, 5.74) is 4.66. The van der Waals surface area contributed by atoms with Gasteiger partial charge in [0.1, 0.15) is 6.54 Å². The molecule has 154 valence electrons. The summed E-state index contributed by atoms with van der Waals surface area (Å²) in [5, 5.41) is 1.00. The predicted octanol–water partition coefficient (Wildman–Crippen LogP) is 3.17. The Morgan fingerprint density at radius 3 is 2.70 bits per heavy atom. The van der Waals surface area contributed by atoms with Gasteiger partial charge in [0, 0.05) is 26.2 Å². The van der Waals surface area contributed by atoms with E-state index in [0.29, 0.717) is 24.2 Å². The lowest BCUT2D eigenvalue weighted by atomic mass is 10.1. The number of oxazole rings is 1. The fourth-order valence-electron chi connectivity index (χ4n) is 4.05. The van der Waals surface area contributed by atoms with Gasteiger partial charge in [-0.3, -0.25) is 9.36 Å². The maximum atomic E-state index is 12.8. The smallest absolute Gasteiger partial charge is 0.408 e. The van der Waals surface area contributed by atoms with Crippen molar-refractivity contribution < 1.29 is 9.21 Å². The minimum absolute atomic E-state index is 0.00451. The number of carbonyl (C=O) groups excluding carboxylic acids is 1. The Morgan fingerprint density at radius 2 is 1.90 bits per heavy atom. The highest BCUT2D eigenvalue weighted by Gasteiger charge is 2.24. The van der Waals surface area contributed by atoms with E-state index in [1.807, 2.05) is 17.0 Å². The van der Waals surface area contributed by atoms with E-state index in [0.717, 1.165) is 23.7 Å². The molecule has 0 N–H and O–H groups in total. The van der Waals surface area contributed by atoms with E-state index >= 15 is 0 Å². The molecule has 0 radical (unpaired) electrons. The number of aryl methyl sites for hydroxylation is 2. The minimum Gasteiger partial charge on any atom is -0.408 e. The molecule has 4 aromatic rings. The van der Waals surface area contributed by atoms with E-state index < -0.39 is 5.76 Å². The number of carbonyl (C=O) groups is 1. The van der Waals surface area contributed by atoms with Crippen molar-refractivity contribution in [3.8, 4) is 0 Å². The molecule has 30 heavy (non-hydrogen) atoms. The molecule has 0 atom stereocenters. The molecule has 0 aliphatic carbocycles. The van der Waals surface area contributed by atoms with E-state index in [1.165, 1.54) is 20.4 Å². The number of amides is 1. The maximum absolute atomic E-state index is 12.8. The summed E-state index contributed by atoms with van der Waals surface area (Å²) in [6, 6.07) is 11.5. The van der Waals surface area contributed by atoms with Gasteiger partial charge in [0.05, 0.1) is 15.7 Å². The van der Waals surface area contributed by atoms with Gasteiger partial charge in [-0.05, 0) is 43.2 Å². The number of fused-ring (bicyclic) bond motifs is 2. The van der Waals surface area contributed by atoms with Crippen LogP contribution in [0.4, 0.5) is 5.13 Å². The average molecular weight is 423 g/mol. The number of hydrogen-bond acceptors (Lipinski definition) is 6. The van der Waals surface area contributed by atoms with Crippen LogP contribution < -0.4 is 10.7 Å². The summed E-state index contributed by atoms with van der Waals surface area (Å²) in [5.74, 6) is -0.567. The zero-order valence-electron chi connectivity index (χ0n) is 16.9. The number of aromatic nitrogens is 2. The Balaban J connectivity index is 1.29. The van der Waals surface area contributed by atoms with Gasteiger partial charge >= 0.3 is 5.76 Å². The second-order valence-electron chi connectivity index (χ2n) is 7.72. The number of hydrogen-bond donors (Lipinski definition) is 0. The van der Waals surface area contributed by atoms with Crippen LogP contribution in [0.15, 0.2) is 45.6 Å². The lowest BCUT2D eigenvalue weighted by Crippen LogP contribution is -2.50. The van der Waals surface area contributed by atoms with Crippen LogP contribution in [-0.2, 0) is 11.3 Å².